The van der Waals surface area contributed by atoms with E-state index in [0.717, 1.165) is 31.1 Å². The van der Waals surface area contributed by atoms with E-state index in [1.54, 1.807) is 0 Å². The van der Waals surface area contributed by atoms with Gasteiger partial charge in [-0.1, -0.05) is 40.2 Å². The van der Waals surface area contributed by atoms with Gasteiger partial charge in [-0.15, -0.1) is 0 Å². The highest BCUT2D eigenvalue weighted by molar-refractivity contribution is 5.74. The molecule has 2 nitrogen and oxygen atoms in total. The number of allylic oxidation sites excluding steroid dienone is 2. The number of rotatable bonds is 2. The summed E-state index contributed by atoms with van der Waals surface area (Å²) in [5.41, 5.74) is 1.27. The molecular weight excluding hydrogens is 284 g/mol. The quantitative estimate of drug-likeness (QED) is 0.674. The second-order valence-electron chi connectivity index (χ2n) is 9.46. The van der Waals surface area contributed by atoms with Gasteiger partial charge < -0.3 is 4.79 Å². The predicted octanol–water partition coefficient (Wildman–Crippen LogP) is 4.97. The lowest BCUT2D eigenvalue weighted by Crippen LogP contribution is -2.57. The van der Waals surface area contributed by atoms with Crippen molar-refractivity contribution in [3.8, 4) is 0 Å². The molecule has 23 heavy (non-hydrogen) atoms. The maximum absolute atomic E-state index is 12.3. The van der Waals surface area contributed by atoms with Gasteiger partial charge in [0.25, 0.3) is 0 Å². The van der Waals surface area contributed by atoms with Crippen LogP contribution in [0.25, 0.3) is 0 Å². The van der Waals surface area contributed by atoms with E-state index in [0.29, 0.717) is 17.3 Å². The topological polar surface area (TPSA) is 34.1 Å². The van der Waals surface area contributed by atoms with Gasteiger partial charge in [0.05, 0.1) is 0 Å². The Labute approximate surface area is 141 Å². The van der Waals surface area contributed by atoms with Crippen molar-refractivity contribution in [2.24, 2.45) is 34.0 Å². The van der Waals surface area contributed by atoms with E-state index >= 15 is 0 Å². The first-order valence-corrected chi connectivity index (χ1v) is 9.41. The van der Waals surface area contributed by atoms with Crippen LogP contribution in [-0.2, 0) is 9.59 Å². The van der Waals surface area contributed by atoms with E-state index in [2.05, 4.69) is 33.8 Å². The largest absolute Gasteiger partial charge is 0.303 e. The molecule has 3 rings (SSSR count). The Bertz CT molecular complexity index is 532. The summed E-state index contributed by atoms with van der Waals surface area (Å²) in [4.78, 5) is 23.7. The Morgan fingerprint density at radius 1 is 1.09 bits per heavy atom. The van der Waals surface area contributed by atoms with Crippen molar-refractivity contribution in [1.29, 1.82) is 0 Å². The Kier molecular flexibility index (Phi) is 4.09. The highest BCUT2D eigenvalue weighted by atomic mass is 16.1. The first kappa shape index (κ1) is 16.9. The van der Waals surface area contributed by atoms with E-state index in [1.165, 1.54) is 32.0 Å². The highest BCUT2D eigenvalue weighted by Crippen LogP contribution is 2.67. The molecular formula is C21H32O2. The average molecular weight is 316 g/mol. The van der Waals surface area contributed by atoms with Crippen molar-refractivity contribution in [3.63, 3.8) is 0 Å². The monoisotopic (exact) mass is 316 g/mol. The van der Waals surface area contributed by atoms with Crippen LogP contribution in [0.3, 0.4) is 0 Å². The van der Waals surface area contributed by atoms with Gasteiger partial charge in [-0.05, 0) is 72.7 Å². The second kappa shape index (κ2) is 5.57. The lowest BCUT2D eigenvalue weighted by Gasteiger charge is -2.63. The minimum atomic E-state index is -0.236. The molecule has 0 bridgehead atoms. The van der Waals surface area contributed by atoms with Crippen LogP contribution < -0.4 is 0 Å². The summed E-state index contributed by atoms with van der Waals surface area (Å²) in [7, 11) is 0. The first-order valence-electron chi connectivity index (χ1n) is 9.41. The molecule has 0 aromatic heterocycles. The van der Waals surface area contributed by atoms with Crippen LogP contribution >= 0.6 is 0 Å². The molecule has 2 heteroatoms. The average Bonchev–Trinajstić information content (AvgIpc) is 2.64. The summed E-state index contributed by atoms with van der Waals surface area (Å²) >= 11 is 0. The van der Waals surface area contributed by atoms with Crippen molar-refractivity contribution in [2.45, 2.75) is 72.6 Å². The summed E-state index contributed by atoms with van der Waals surface area (Å²) in [6.07, 6.45) is 12.1. The van der Waals surface area contributed by atoms with E-state index in [1.807, 2.05) is 0 Å². The lowest BCUT2D eigenvalue weighted by atomic mass is 9.41. The number of aldehydes is 2. The van der Waals surface area contributed by atoms with Gasteiger partial charge in [-0.25, -0.2) is 0 Å². The molecule has 0 amide bonds. The molecule has 0 aliphatic heterocycles. The molecule has 0 N–H and O–H groups in total. The van der Waals surface area contributed by atoms with Gasteiger partial charge in [0, 0.05) is 5.41 Å². The second-order valence-corrected chi connectivity index (χ2v) is 9.46. The molecule has 3 aliphatic carbocycles. The van der Waals surface area contributed by atoms with Crippen LogP contribution in [0.2, 0.25) is 0 Å². The smallest absolute Gasteiger partial charge is 0.145 e. The van der Waals surface area contributed by atoms with Crippen LogP contribution in [0.1, 0.15) is 72.6 Å². The Morgan fingerprint density at radius 3 is 2.48 bits per heavy atom. The summed E-state index contributed by atoms with van der Waals surface area (Å²) in [6, 6.07) is 0. The molecule has 128 valence electrons. The number of fused-ring (bicyclic) bond motifs is 3. The predicted molar refractivity (Wildman–Crippen MR) is 93.0 cm³/mol. The van der Waals surface area contributed by atoms with Gasteiger partial charge in [-0.3, -0.25) is 4.79 Å². The molecule has 2 unspecified atom stereocenters. The number of carbonyl (C=O) groups excluding carboxylic acids is 2. The maximum atomic E-state index is 12.3. The molecule has 2 saturated carbocycles. The molecule has 5 atom stereocenters. The van der Waals surface area contributed by atoms with Gasteiger partial charge in [0.15, 0.2) is 0 Å². The van der Waals surface area contributed by atoms with Crippen LogP contribution in [0, 0.1) is 34.0 Å². The van der Waals surface area contributed by atoms with Gasteiger partial charge in [0.1, 0.15) is 12.6 Å². The van der Waals surface area contributed by atoms with Crippen molar-refractivity contribution >= 4 is 12.6 Å². The van der Waals surface area contributed by atoms with Crippen LogP contribution in [0.15, 0.2) is 11.6 Å². The minimum Gasteiger partial charge on any atom is -0.303 e. The van der Waals surface area contributed by atoms with E-state index in [-0.39, 0.29) is 16.7 Å². The molecule has 0 aromatic carbocycles. The first-order chi connectivity index (χ1) is 10.8. The van der Waals surface area contributed by atoms with Crippen molar-refractivity contribution in [3.05, 3.63) is 11.6 Å². The van der Waals surface area contributed by atoms with E-state index in [4.69, 9.17) is 0 Å². The molecule has 0 aromatic rings. The fraction of sp³-hybridized carbons (Fsp3) is 0.810. The standard InChI is InChI=1S/C21H32O2/c1-15-12-16(13-22)6-7-18-20(4)10-5-9-19(2,3)17(20)8-11-21(15,18)14-23/h6,13-15,17-18H,5,7-12H2,1-4H3/t15-,17?,18?,20+,21-/m1/s1. The zero-order valence-corrected chi connectivity index (χ0v) is 15.2. The summed E-state index contributed by atoms with van der Waals surface area (Å²) in [5.74, 6) is 1.35. The van der Waals surface area contributed by atoms with E-state index < -0.39 is 0 Å². The Balaban J connectivity index is 2.08. The maximum Gasteiger partial charge on any atom is 0.145 e. The highest BCUT2D eigenvalue weighted by Gasteiger charge is 2.61. The molecule has 0 radical (unpaired) electrons. The number of hydrogen-bond donors (Lipinski definition) is 0. The fourth-order valence-corrected chi connectivity index (χ4v) is 6.81. The van der Waals surface area contributed by atoms with Gasteiger partial charge >= 0.3 is 0 Å². The third-order valence-electron chi connectivity index (χ3n) is 8.03. The normalized spacial score (nSPS) is 45.9. The zero-order chi connectivity index (χ0) is 16.9. The van der Waals surface area contributed by atoms with Crippen LogP contribution in [0.4, 0.5) is 0 Å². The molecule has 0 spiro atoms. The number of hydrogen-bond acceptors (Lipinski definition) is 2. The molecule has 3 aliphatic rings. The third-order valence-corrected chi connectivity index (χ3v) is 8.03. The van der Waals surface area contributed by atoms with Crippen LogP contribution in [-0.4, -0.2) is 12.6 Å². The van der Waals surface area contributed by atoms with Gasteiger partial charge in [0.2, 0.25) is 0 Å². The van der Waals surface area contributed by atoms with Crippen LogP contribution in [0.5, 0.6) is 0 Å². The van der Waals surface area contributed by atoms with Crippen molar-refractivity contribution < 1.29 is 9.59 Å². The summed E-state index contributed by atoms with van der Waals surface area (Å²) < 4.78 is 0. The van der Waals surface area contributed by atoms with Gasteiger partial charge in [-0.2, -0.15) is 0 Å². The molecule has 0 saturated heterocycles. The third kappa shape index (κ3) is 2.36. The van der Waals surface area contributed by atoms with Crippen molar-refractivity contribution in [1.82, 2.24) is 0 Å². The molecule has 2 fully saturated rings. The molecule has 0 heterocycles. The summed E-state index contributed by atoms with van der Waals surface area (Å²) in [6.45, 7) is 9.50. The van der Waals surface area contributed by atoms with E-state index in [9.17, 15) is 9.59 Å². The zero-order valence-electron chi connectivity index (χ0n) is 15.2. The Morgan fingerprint density at radius 2 is 1.83 bits per heavy atom. The minimum absolute atomic E-state index is 0.226. The fourth-order valence-electron chi connectivity index (χ4n) is 6.81. The number of carbonyl (C=O) groups is 2. The van der Waals surface area contributed by atoms with Crippen molar-refractivity contribution in [2.75, 3.05) is 0 Å². The SMILES string of the molecule is C[C@@H]1CC(C=O)=CCC2[C@@]3(C)CCCC(C)(C)C3CC[C@]21C=O. The lowest BCUT2D eigenvalue weighted by molar-refractivity contribution is -0.159. The Hall–Kier alpha value is -0.920. The summed E-state index contributed by atoms with van der Waals surface area (Å²) in [5, 5.41) is 0.